The molecule has 1 heterocycles. The van der Waals surface area contributed by atoms with Crippen LogP contribution in [0.25, 0.3) is 11.3 Å². The molecule has 21 heavy (non-hydrogen) atoms. The van der Waals surface area contributed by atoms with Crippen molar-refractivity contribution in [2.75, 3.05) is 6.61 Å². The predicted octanol–water partition coefficient (Wildman–Crippen LogP) is 4.54. The third-order valence-corrected chi connectivity index (χ3v) is 3.51. The van der Waals surface area contributed by atoms with Gasteiger partial charge in [-0.3, -0.25) is 4.98 Å². The van der Waals surface area contributed by atoms with Gasteiger partial charge in [-0.05, 0) is 24.6 Å². The summed E-state index contributed by atoms with van der Waals surface area (Å²) in [6.45, 7) is 2.38. The van der Waals surface area contributed by atoms with Crippen LogP contribution in [0, 0.1) is 0 Å². The Morgan fingerprint density at radius 1 is 1.29 bits per heavy atom. The van der Waals surface area contributed by atoms with Crippen LogP contribution in [0.15, 0.2) is 30.5 Å². The predicted molar refractivity (Wildman–Crippen MR) is 82.4 cm³/mol. The van der Waals surface area contributed by atoms with Crippen LogP contribution in [0.1, 0.15) is 23.7 Å². The molecule has 6 heteroatoms. The Bertz CT molecular complexity index is 674. The average molecular weight is 326 g/mol. The van der Waals surface area contributed by atoms with E-state index in [0.29, 0.717) is 27.9 Å². The summed E-state index contributed by atoms with van der Waals surface area (Å²) in [6.07, 6.45) is 2.20. The summed E-state index contributed by atoms with van der Waals surface area (Å²) < 4.78 is 5.39. The molecule has 1 N–H and O–H groups in total. The Morgan fingerprint density at radius 2 is 2.05 bits per heavy atom. The molecule has 1 aromatic carbocycles. The van der Waals surface area contributed by atoms with E-state index in [1.54, 1.807) is 18.2 Å². The Kier molecular flexibility index (Phi) is 5.04. The van der Waals surface area contributed by atoms with Crippen molar-refractivity contribution in [1.82, 2.24) is 4.98 Å². The maximum absolute atomic E-state index is 11.3. The number of benzene rings is 1. The number of carboxylic acids is 1. The lowest BCUT2D eigenvalue weighted by atomic mass is 10.1. The molecule has 0 aliphatic rings. The summed E-state index contributed by atoms with van der Waals surface area (Å²) in [5, 5.41) is 10.1. The van der Waals surface area contributed by atoms with E-state index in [4.69, 9.17) is 27.9 Å². The minimum absolute atomic E-state index is 0.0690. The molecule has 0 atom stereocenters. The molecule has 0 amide bonds. The van der Waals surface area contributed by atoms with Crippen LogP contribution >= 0.6 is 23.2 Å². The van der Waals surface area contributed by atoms with E-state index in [1.165, 1.54) is 12.3 Å². The second-order valence-electron chi connectivity index (χ2n) is 4.35. The molecule has 2 aromatic rings. The van der Waals surface area contributed by atoms with Crippen molar-refractivity contribution in [3.05, 3.63) is 46.1 Å². The zero-order valence-corrected chi connectivity index (χ0v) is 12.8. The van der Waals surface area contributed by atoms with Gasteiger partial charge in [0.15, 0.2) is 5.75 Å². The highest BCUT2D eigenvalue weighted by Gasteiger charge is 2.14. The first kappa shape index (κ1) is 15.6. The van der Waals surface area contributed by atoms with Crippen LogP contribution in [0.4, 0.5) is 0 Å². The number of halogens is 2. The van der Waals surface area contributed by atoms with Gasteiger partial charge in [0.25, 0.3) is 0 Å². The lowest BCUT2D eigenvalue weighted by Crippen LogP contribution is -2.05. The summed E-state index contributed by atoms with van der Waals surface area (Å²) in [5.74, 6) is -0.807. The summed E-state index contributed by atoms with van der Waals surface area (Å²) in [7, 11) is 0. The molecular formula is C15H13Cl2NO3. The number of aromatic carboxylic acids is 1. The highest BCUT2D eigenvalue weighted by molar-refractivity contribution is 6.42. The molecule has 0 unspecified atom stereocenters. The molecule has 0 aliphatic carbocycles. The molecule has 0 fully saturated rings. The third-order valence-electron chi connectivity index (χ3n) is 2.77. The minimum Gasteiger partial charge on any atom is -0.491 e. The number of pyridine rings is 1. The second kappa shape index (κ2) is 6.78. The van der Waals surface area contributed by atoms with E-state index < -0.39 is 5.97 Å². The summed E-state index contributed by atoms with van der Waals surface area (Å²) in [6, 6.07) is 6.48. The Morgan fingerprint density at radius 3 is 2.67 bits per heavy atom. The number of rotatable bonds is 5. The number of carboxylic acid groups (broad SMARTS) is 1. The average Bonchev–Trinajstić information content (AvgIpc) is 2.47. The van der Waals surface area contributed by atoms with Gasteiger partial charge < -0.3 is 9.84 Å². The maximum Gasteiger partial charge on any atom is 0.339 e. The first-order chi connectivity index (χ1) is 10.0. The van der Waals surface area contributed by atoms with Crippen molar-refractivity contribution in [1.29, 1.82) is 0 Å². The van der Waals surface area contributed by atoms with E-state index in [-0.39, 0.29) is 11.3 Å². The molecule has 4 nitrogen and oxygen atoms in total. The monoisotopic (exact) mass is 325 g/mol. The number of nitrogens with zero attached hydrogens (tertiary/aromatic N) is 1. The molecule has 0 bridgehead atoms. The summed E-state index contributed by atoms with van der Waals surface area (Å²) in [5.41, 5.74) is 1.25. The van der Waals surface area contributed by atoms with Gasteiger partial charge in [-0.15, -0.1) is 0 Å². The maximum atomic E-state index is 11.3. The molecule has 0 spiro atoms. The zero-order chi connectivity index (χ0) is 15.4. The van der Waals surface area contributed by atoms with Crippen molar-refractivity contribution >= 4 is 29.2 Å². The lowest BCUT2D eigenvalue weighted by Gasteiger charge is -2.10. The minimum atomic E-state index is -1.06. The van der Waals surface area contributed by atoms with Gasteiger partial charge in [0, 0.05) is 5.56 Å². The van der Waals surface area contributed by atoms with Crippen molar-refractivity contribution in [3.63, 3.8) is 0 Å². The zero-order valence-electron chi connectivity index (χ0n) is 11.3. The first-order valence-electron chi connectivity index (χ1n) is 6.34. The Balaban J connectivity index is 2.43. The van der Waals surface area contributed by atoms with E-state index in [1.807, 2.05) is 6.92 Å². The highest BCUT2D eigenvalue weighted by Crippen LogP contribution is 2.29. The normalized spacial score (nSPS) is 10.4. The number of carbonyl (C=O) groups is 1. The molecule has 0 radical (unpaired) electrons. The van der Waals surface area contributed by atoms with Crippen LogP contribution < -0.4 is 4.74 Å². The van der Waals surface area contributed by atoms with E-state index in [0.717, 1.165) is 6.42 Å². The van der Waals surface area contributed by atoms with Crippen LogP contribution in [0.3, 0.4) is 0 Å². The fraction of sp³-hybridized carbons (Fsp3) is 0.200. The van der Waals surface area contributed by atoms with Gasteiger partial charge in [0.05, 0.1) is 28.5 Å². The highest BCUT2D eigenvalue weighted by atomic mass is 35.5. The lowest BCUT2D eigenvalue weighted by molar-refractivity contribution is 0.0692. The topological polar surface area (TPSA) is 59.4 Å². The van der Waals surface area contributed by atoms with Crippen LogP contribution in [0.2, 0.25) is 10.0 Å². The number of ether oxygens (including phenoxy) is 1. The van der Waals surface area contributed by atoms with Crippen LogP contribution in [-0.4, -0.2) is 22.7 Å². The number of hydrogen-bond donors (Lipinski definition) is 1. The van der Waals surface area contributed by atoms with Crippen molar-refractivity contribution in [3.8, 4) is 17.0 Å². The van der Waals surface area contributed by atoms with Crippen molar-refractivity contribution in [2.24, 2.45) is 0 Å². The second-order valence-corrected chi connectivity index (χ2v) is 5.16. The van der Waals surface area contributed by atoms with E-state index >= 15 is 0 Å². The molecule has 0 saturated carbocycles. The van der Waals surface area contributed by atoms with Gasteiger partial charge in [-0.2, -0.15) is 0 Å². The summed E-state index contributed by atoms with van der Waals surface area (Å²) in [4.78, 5) is 15.6. The van der Waals surface area contributed by atoms with E-state index in [2.05, 4.69) is 4.98 Å². The van der Waals surface area contributed by atoms with Gasteiger partial charge in [0.1, 0.15) is 5.56 Å². The molecule has 1 aromatic heterocycles. The Labute approximate surface area is 132 Å². The molecule has 0 saturated heterocycles. The molecule has 110 valence electrons. The van der Waals surface area contributed by atoms with Crippen molar-refractivity contribution in [2.45, 2.75) is 13.3 Å². The fourth-order valence-corrected chi connectivity index (χ4v) is 2.05. The third kappa shape index (κ3) is 3.65. The molecule has 2 rings (SSSR count). The van der Waals surface area contributed by atoms with Crippen molar-refractivity contribution < 1.29 is 14.6 Å². The quantitative estimate of drug-likeness (QED) is 0.876. The fourth-order valence-electron chi connectivity index (χ4n) is 1.75. The largest absolute Gasteiger partial charge is 0.491 e. The van der Waals surface area contributed by atoms with Gasteiger partial charge in [-0.25, -0.2) is 4.79 Å². The van der Waals surface area contributed by atoms with E-state index in [9.17, 15) is 9.90 Å². The van der Waals surface area contributed by atoms with Gasteiger partial charge in [-0.1, -0.05) is 36.2 Å². The number of aromatic nitrogens is 1. The van der Waals surface area contributed by atoms with Crippen LogP contribution in [-0.2, 0) is 0 Å². The van der Waals surface area contributed by atoms with Gasteiger partial charge in [0.2, 0.25) is 0 Å². The molecule has 0 aliphatic heterocycles. The SMILES string of the molecule is CCCOc1cnc(-c2ccc(Cl)c(Cl)c2)cc1C(=O)O. The van der Waals surface area contributed by atoms with Gasteiger partial charge >= 0.3 is 5.97 Å². The first-order valence-corrected chi connectivity index (χ1v) is 7.10. The smallest absolute Gasteiger partial charge is 0.339 e. The van der Waals surface area contributed by atoms with Crippen LogP contribution in [0.5, 0.6) is 5.75 Å². The summed E-state index contributed by atoms with van der Waals surface area (Å²) >= 11 is 11.8. The standard InChI is InChI=1S/C15H13Cl2NO3/c1-2-5-21-14-8-18-13(7-10(14)15(19)20)9-3-4-11(16)12(17)6-9/h3-4,6-8H,2,5H2,1H3,(H,19,20). The Hall–Kier alpha value is -1.78. The number of hydrogen-bond acceptors (Lipinski definition) is 3. The molecular weight excluding hydrogens is 313 g/mol.